The van der Waals surface area contributed by atoms with Gasteiger partial charge in [0.15, 0.2) is 0 Å². The van der Waals surface area contributed by atoms with E-state index in [9.17, 15) is 0 Å². The summed E-state index contributed by atoms with van der Waals surface area (Å²) in [5.41, 5.74) is 10.0. The van der Waals surface area contributed by atoms with Crippen molar-refractivity contribution in [3.63, 3.8) is 0 Å². The Hall–Kier alpha value is -2.97. The van der Waals surface area contributed by atoms with Crippen molar-refractivity contribution in [2.45, 2.75) is 18.9 Å². The molecular weight excluding hydrogens is 384 g/mol. The molecule has 29 heavy (non-hydrogen) atoms. The van der Waals surface area contributed by atoms with Gasteiger partial charge >= 0.3 is 0 Å². The minimum absolute atomic E-state index is 0.449. The van der Waals surface area contributed by atoms with Gasteiger partial charge in [-0.2, -0.15) is 5.10 Å². The van der Waals surface area contributed by atoms with Gasteiger partial charge in [0.1, 0.15) is 16.6 Å². The Morgan fingerprint density at radius 1 is 1.17 bits per heavy atom. The van der Waals surface area contributed by atoms with Crippen LogP contribution in [0.25, 0.3) is 31.9 Å². The maximum absolute atomic E-state index is 6.20. The fourth-order valence-corrected chi connectivity index (χ4v) is 4.73. The van der Waals surface area contributed by atoms with E-state index in [1.165, 1.54) is 0 Å². The highest BCUT2D eigenvalue weighted by Gasteiger charge is 2.17. The van der Waals surface area contributed by atoms with Gasteiger partial charge in [-0.1, -0.05) is 0 Å². The number of nitrogens with one attached hydrogen (secondary N) is 1. The fourth-order valence-electron chi connectivity index (χ4n) is 3.71. The number of aromatic nitrogens is 4. The van der Waals surface area contributed by atoms with Crippen LogP contribution in [0, 0.1) is 0 Å². The predicted molar refractivity (Wildman–Crippen MR) is 116 cm³/mol. The summed E-state index contributed by atoms with van der Waals surface area (Å²) in [6, 6.07) is 8.38. The van der Waals surface area contributed by atoms with Gasteiger partial charge in [-0.05, 0) is 50.2 Å². The van der Waals surface area contributed by atoms with Crippen molar-refractivity contribution in [1.82, 2.24) is 25.1 Å². The molecule has 3 aromatic heterocycles. The Morgan fingerprint density at radius 2 is 2.03 bits per heavy atom. The molecule has 3 N–H and O–H groups in total. The first kappa shape index (κ1) is 18.1. The van der Waals surface area contributed by atoms with Gasteiger partial charge in [-0.3, -0.25) is 4.68 Å². The molecule has 1 aliphatic rings. The molecule has 7 nitrogen and oxygen atoms in total. The van der Waals surface area contributed by atoms with Crippen LogP contribution in [0.2, 0.25) is 0 Å². The average molecular weight is 407 g/mol. The summed E-state index contributed by atoms with van der Waals surface area (Å²) in [5, 5.41) is 8.84. The Kier molecular flexibility index (Phi) is 4.65. The maximum Gasteiger partial charge on any atom is 0.133 e. The largest absolute Gasteiger partial charge is 0.497 e. The maximum atomic E-state index is 6.20. The number of methoxy groups -OCH3 is 1. The van der Waals surface area contributed by atoms with E-state index < -0.39 is 0 Å². The van der Waals surface area contributed by atoms with Crippen molar-refractivity contribution in [3.05, 3.63) is 42.9 Å². The molecule has 8 heteroatoms. The number of nitrogen functional groups attached to an aromatic ring is 1. The smallest absolute Gasteiger partial charge is 0.133 e. The zero-order chi connectivity index (χ0) is 19.8. The topological polar surface area (TPSA) is 90.9 Å². The van der Waals surface area contributed by atoms with Gasteiger partial charge in [-0.15, -0.1) is 11.3 Å². The minimum Gasteiger partial charge on any atom is -0.497 e. The first-order valence-electron chi connectivity index (χ1n) is 9.67. The highest BCUT2D eigenvalue weighted by Crippen LogP contribution is 2.36. The Morgan fingerprint density at radius 3 is 2.86 bits per heavy atom. The van der Waals surface area contributed by atoms with Crippen LogP contribution in [0.1, 0.15) is 18.9 Å². The number of pyridine rings is 1. The van der Waals surface area contributed by atoms with Crippen LogP contribution in [0.3, 0.4) is 0 Å². The number of benzene rings is 1. The Bertz CT molecular complexity index is 1160. The van der Waals surface area contributed by atoms with Gasteiger partial charge in [-0.25, -0.2) is 9.97 Å². The molecule has 1 aromatic carbocycles. The monoisotopic (exact) mass is 406 g/mol. The molecule has 0 spiro atoms. The van der Waals surface area contributed by atoms with Gasteiger partial charge in [0, 0.05) is 23.5 Å². The summed E-state index contributed by atoms with van der Waals surface area (Å²) in [5.74, 6) is 1.29. The lowest BCUT2D eigenvalue weighted by Gasteiger charge is -2.22. The van der Waals surface area contributed by atoms with Crippen LogP contribution in [-0.4, -0.2) is 39.9 Å². The second kappa shape index (κ2) is 7.46. The second-order valence-electron chi connectivity index (χ2n) is 7.20. The highest BCUT2D eigenvalue weighted by atomic mass is 32.1. The second-order valence-corrected chi connectivity index (χ2v) is 8.23. The molecule has 4 heterocycles. The van der Waals surface area contributed by atoms with E-state index in [2.05, 4.69) is 32.3 Å². The van der Waals surface area contributed by atoms with E-state index in [1.54, 1.807) is 24.6 Å². The van der Waals surface area contributed by atoms with Gasteiger partial charge in [0.2, 0.25) is 0 Å². The number of rotatable bonds is 4. The van der Waals surface area contributed by atoms with Crippen LogP contribution in [-0.2, 0) is 0 Å². The van der Waals surface area contributed by atoms with Crippen LogP contribution in [0.5, 0.6) is 5.75 Å². The number of piperidine rings is 1. The lowest BCUT2D eigenvalue weighted by Crippen LogP contribution is -2.29. The molecule has 1 aliphatic heterocycles. The zero-order valence-electron chi connectivity index (χ0n) is 16.1. The average Bonchev–Trinajstić information content (AvgIpc) is 3.41. The molecule has 0 amide bonds. The number of hydrogen-bond acceptors (Lipinski definition) is 7. The first-order valence-corrected chi connectivity index (χ1v) is 10.5. The van der Waals surface area contributed by atoms with E-state index in [4.69, 9.17) is 15.5 Å². The molecule has 0 radical (unpaired) electrons. The number of fused-ring (bicyclic) bond motifs is 1. The Labute approximate surface area is 172 Å². The van der Waals surface area contributed by atoms with Crippen LogP contribution >= 0.6 is 11.3 Å². The van der Waals surface area contributed by atoms with Crippen molar-refractivity contribution in [1.29, 1.82) is 0 Å². The minimum atomic E-state index is 0.449. The normalized spacial score (nSPS) is 15.1. The summed E-state index contributed by atoms with van der Waals surface area (Å²) in [7, 11) is 1.67. The molecule has 5 rings (SSSR count). The molecule has 148 valence electrons. The molecular formula is C21H22N6OS. The quantitative estimate of drug-likeness (QED) is 0.537. The molecule has 0 atom stereocenters. The summed E-state index contributed by atoms with van der Waals surface area (Å²) in [6.07, 6.45) is 8.01. The van der Waals surface area contributed by atoms with Crippen molar-refractivity contribution in [3.8, 4) is 27.4 Å². The molecule has 0 unspecified atom stereocenters. The van der Waals surface area contributed by atoms with Gasteiger partial charge in [0.25, 0.3) is 0 Å². The molecule has 4 aromatic rings. The number of ether oxygens (including phenoxy) is 1. The summed E-state index contributed by atoms with van der Waals surface area (Å²) < 4.78 is 8.46. The number of thiazole rings is 1. The summed E-state index contributed by atoms with van der Waals surface area (Å²) in [6.45, 7) is 2.08. The number of nitrogens with two attached hydrogens (primary N) is 1. The summed E-state index contributed by atoms with van der Waals surface area (Å²) in [4.78, 5) is 9.18. The van der Waals surface area contributed by atoms with E-state index in [0.717, 1.165) is 63.6 Å². The molecule has 1 fully saturated rings. The van der Waals surface area contributed by atoms with Crippen molar-refractivity contribution >= 4 is 27.4 Å². The number of hydrogen-bond donors (Lipinski definition) is 2. The molecule has 1 saturated heterocycles. The van der Waals surface area contributed by atoms with Crippen LogP contribution < -0.4 is 15.8 Å². The standard InChI is InChI=1S/C21H22N6OS/c1-28-16-2-3-18-19(9-16)29-21(26-18)17-8-13(10-24-20(17)22)14-11-25-27(12-14)15-4-6-23-7-5-15/h2-3,8-12,15,23H,4-7H2,1H3,(H2,22,24). The zero-order valence-corrected chi connectivity index (χ0v) is 16.9. The van der Waals surface area contributed by atoms with E-state index in [-0.39, 0.29) is 0 Å². The van der Waals surface area contributed by atoms with Crippen molar-refractivity contribution in [2.75, 3.05) is 25.9 Å². The van der Waals surface area contributed by atoms with Gasteiger partial charge < -0.3 is 15.8 Å². The van der Waals surface area contributed by atoms with Crippen LogP contribution in [0.15, 0.2) is 42.9 Å². The third-order valence-corrected chi connectivity index (χ3v) is 6.41. The first-order chi connectivity index (χ1) is 14.2. The number of anilines is 1. The predicted octanol–water partition coefficient (Wildman–Crippen LogP) is 3.74. The lowest BCUT2D eigenvalue weighted by molar-refractivity contribution is 0.343. The van der Waals surface area contributed by atoms with E-state index in [0.29, 0.717) is 11.9 Å². The van der Waals surface area contributed by atoms with E-state index >= 15 is 0 Å². The third kappa shape index (κ3) is 3.45. The molecule has 0 saturated carbocycles. The number of nitrogens with zero attached hydrogens (tertiary/aromatic N) is 4. The molecule has 0 bridgehead atoms. The highest BCUT2D eigenvalue weighted by molar-refractivity contribution is 7.21. The van der Waals surface area contributed by atoms with Crippen LogP contribution in [0.4, 0.5) is 5.82 Å². The Balaban J connectivity index is 1.50. The van der Waals surface area contributed by atoms with Crippen molar-refractivity contribution in [2.24, 2.45) is 0 Å². The van der Waals surface area contributed by atoms with E-state index in [1.807, 2.05) is 24.4 Å². The molecule has 0 aliphatic carbocycles. The lowest BCUT2D eigenvalue weighted by atomic mass is 10.1. The fraction of sp³-hybridized carbons (Fsp3) is 0.286. The van der Waals surface area contributed by atoms with Gasteiger partial charge in [0.05, 0.1) is 35.1 Å². The summed E-state index contributed by atoms with van der Waals surface area (Å²) >= 11 is 1.59. The van der Waals surface area contributed by atoms with Crippen molar-refractivity contribution < 1.29 is 4.74 Å². The SMILES string of the molecule is COc1ccc2nc(-c3cc(-c4cnn(C5CCNCC5)c4)cnc3N)sc2c1. The third-order valence-electron chi connectivity index (χ3n) is 5.36.